The highest BCUT2D eigenvalue weighted by Gasteiger charge is 2.41. The third-order valence-electron chi connectivity index (χ3n) is 4.22. The summed E-state index contributed by atoms with van der Waals surface area (Å²) in [6.07, 6.45) is 0. The van der Waals surface area contributed by atoms with Crippen molar-refractivity contribution < 1.29 is 23.7 Å². The van der Waals surface area contributed by atoms with Gasteiger partial charge in [-0.3, -0.25) is 24.1 Å². The van der Waals surface area contributed by atoms with E-state index in [1.165, 1.54) is 14.0 Å². The maximum Gasteiger partial charge on any atom is 0.262 e. The molecule has 1 aromatic carbocycles. The molecule has 9 nitrogen and oxygen atoms in total. The van der Waals surface area contributed by atoms with E-state index in [-0.39, 0.29) is 23.5 Å². The zero-order valence-electron chi connectivity index (χ0n) is 15.1. The number of hydrogen-bond donors (Lipinski definition) is 1. The molecule has 4 amide bonds. The molecule has 1 atom stereocenters. The standard InChI is InChI=1S/C18H18N4O5/c1-10-8-14(20-27-10)19-15(23)9-21(3)16(24)11(2)22-17(25)12-6-4-5-7-13(12)18(22)26/h4-8,11H,9H2,1-3H3,(H,19,20,23). The van der Waals surface area contributed by atoms with Crippen molar-refractivity contribution in [1.29, 1.82) is 0 Å². The second kappa shape index (κ2) is 7.02. The fourth-order valence-corrected chi connectivity index (χ4v) is 2.89. The maximum atomic E-state index is 12.6. The summed E-state index contributed by atoms with van der Waals surface area (Å²) >= 11 is 0. The second-order valence-corrected chi connectivity index (χ2v) is 6.27. The molecule has 2 aromatic rings. The van der Waals surface area contributed by atoms with Gasteiger partial charge in [0.2, 0.25) is 11.8 Å². The maximum absolute atomic E-state index is 12.6. The number of carbonyl (C=O) groups excluding carboxylic acids is 4. The number of carbonyl (C=O) groups is 4. The lowest BCUT2D eigenvalue weighted by Crippen LogP contribution is -2.49. The number of aromatic nitrogens is 1. The minimum atomic E-state index is -1.04. The number of likely N-dealkylation sites (N-methyl/N-ethyl adjacent to an activating group) is 1. The van der Waals surface area contributed by atoms with Gasteiger partial charge in [-0.2, -0.15) is 0 Å². The molecule has 9 heteroatoms. The first-order valence-corrected chi connectivity index (χ1v) is 8.24. The Kier molecular flexibility index (Phi) is 4.76. The van der Waals surface area contributed by atoms with Crippen LogP contribution in [-0.4, -0.2) is 58.2 Å². The van der Waals surface area contributed by atoms with E-state index >= 15 is 0 Å². The molecule has 0 saturated carbocycles. The Labute approximate surface area is 154 Å². The van der Waals surface area contributed by atoms with Crippen molar-refractivity contribution >= 4 is 29.4 Å². The number of fused-ring (bicyclic) bond motifs is 1. The van der Waals surface area contributed by atoms with Crippen molar-refractivity contribution in [3.8, 4) is 0 Å². The van der Waals surface area contributed by atoms with Crippen LogP contribution in [-0.2, 0) is 9.59 Å². The Morgan fingerprint density at radius 2 is 1.81 bits per heavy atom. The van der Waals surface area contributed by atoms with Crippen molar-refractivity contribution in [3.63, 3.8) is 0 Å². The number of hydrogen-bond acceptors (Lipinski definition) is 6. The van der Waals surface area contributed by atoms with Gasteiger partial charge in [0.05, 0.1) is 17.7 Å². The molecule has 2 heterocycles. The van der Waals surface area contributed by atoms with E-state index in [9.17, 15) is 19.2 Å². The number of rotatable bonds is 5. The molecule has 0 spiro atoms. The predicted molar refractivity (Wildman–Crippen MR) is 93.9 cm³/mol. The van der Waals surface area contributed by atoms with Crippen LogP contribution in [0.25, 0.3) is 0 Å². The molecular weight excluding hydrogens is 352 g/mol. The first-order valence-electron chi connectivity index (χ1n) is 8.24. The lowest BCUT2D eigenvalue weighted by atomic mass is 10.1. The number of benzene rings is 1. The van der Waals surface area contributed by atoms with E-state index in [0.717, 1.165) is 9.80 Å². The minimum absolute atomic E-state index is 0.242. The number of imide groups is 1. The van der Waals surface area contributed by atoms with Gasteiger partial charge in [0, 0.05) is 13.1 Å². The molecule has 1 aromatic heterocycles. The number of amides is 4. The Balaban J connectivity index is 1.65. The SMILES string of the molecule is Cc1cc(NC(=O)CN(C)C(=O)C(C)N2C(=O)c3ccccc3C2=O)no1. The molecule has 27 heavy (non-hydrogen) atoms. The van der Waals surface area contributed by atoms with Gasteiger partial charge in [0.1, 0.15) is 11.8 Å². The first-order chi connectivity index (χ1) is 12.8. The van der Waals surface area contributed by atoms with Crippen molar-refractivity contribution in [2.45, 2.75) is 19.9 Å². The van der Waals surface area contributed by atoms with Gasteiger partial charge in [0.25, 0.3) is 11.8 Å². The smallest absolute Gasteiger partial charge is 0.262 e. The van der Waals surface area contributed by atoms with E-state index in [4.69, 9.17) is 4.52 Å². The Morgan fingerprint density at radius 1 is 1.22 bits per heavy atom. The Morgan fingerprint density at radius 3 is 2.33 bits per heavy atom. The molecule has 1 N–H and O–H groups in total. The summed E-state index contributed by atoms with van der Waals surface area (Å²) in [6.45, 7) is 2.87. The molecule has 1 aliphatic rings. The number of nitrogens with one attached hydrogen (secondary N) is 1. The highest BCUT2D eigenvalue weighted by atomic mass is 16.5. The Hall–Kier alpha value is -3.49. The van der Waals surface area contributed by atoms with E-state index in [2.05, 4.69) is 10.5 Å². The molecule has 0 radical (unpaired) electrons. The fourth-order valence-electron chi connectivity index (χ4n) is 2.89. The monoisotopic (exact) mass is 370 g/mol. The second-order valence-electron chi connectivity index (χ2n) is 6.27. The fraction of sp³-hybridized carbons (Fsp3) is 0.278. The lowest BCUT2D eigenvalue weighted by molar-refractivity contribution is -0.136. The van der Waals surface area contributed by atoms with Crippen molar-refractivity contribution in [2.75, 3.05) is 18.9 Å². The van der Waals surface area contributed by atoms with Gasteiger partial charge in [-0.05, 0) is 26.0 Å². The zero-order chi connectivity index (χ0) is 19.7. The van der Waals surface area contributed by atoms with Crippen LogP contribution >= 0.6 is 0 Å². The average molecular weight is 370 g/mol. The van der Waals surface area contributed by atoms with Crippen LogP contribution in [0.4, 0.5) is 5.82 Å². The molecular formula is C18H18N4O5. The summed E-state index contributed by atoms with van der Waals surface area (Å²) in [5.41, 5.74) is 0.535. The van der Waals surface area contributed by atoms with E-state index in [0.29, 0.717) is 5.76 Å². The van der Waals surface area contributed by atoms with E-state index in [1.807, 2.05) is 0 Å². The average Bonchev–Trinajstić information content (AvgIpc) is 3.15. The third kappa shape index (κ3) is 3.43. The van der Waals surface area contributed by atoms with Gasteiger partial charge in [-0.15, -0.1) is 0 Å². The molecule has 0 saturated heterocycles. The molecule has 3 rings (SSSR count). The molecule has 0 bridgehead atoms. The highest BCUT2D eigenvalue weighted by molar-refractivity contribution is 6.22. The molecule has 1 aliphatic heterocycles. The Bertz CT molecular complexity index is 900. The zero-order valence-corrected chi connectivity index (χ0v) is 15.1. The van der Waals surface area contributed by atoms with Crippen LogP contribution < -0.4 is 5.32 Å². The molecule has 0 fully saturated rings. The van der Waals surface area contributed by atoms with E-state index < -0.39 is 29.7 Å². The summed E-state index contributed by atoms with van der Waals surface area (Å²) in [4.78, 5) is 51.7. The van der Waals surface area contributed by atoms with Crippen LogP contribution in [0.3, 0.4) is 0 Å². The van der Waals surface area contributed by atoms with Gasteiger partial charge in [0.15, 0.2) is 5.82 Å². The summed E-state index contributed by atoms with van der Waals surface area (Å²) in [5, 5.41) is 6.14. The van der Waals surface area contributed by atoms with Gasteiger partial charge >= 0.3 is 0 Å². The molecule has 0 aliphatic carbocycles. The van der Waals surface area contributed by atoms with Crippen LogP contribution in [0.1, 0.15) is 33.4 Å². The highest BCUT2D eigenvalue weighted by Crippen LogP contribution is 2.24. The van der Waals surface area contributed by atoms with Crippen LogP contribution in [0.5, 0.6) is 0 Å². The molecule has 140 valence electrons. The van der Waals surface area contributed by atoms with E-state index in [1.54, 1.807) is 37.3 Å². The van der Waals surface area contributed by atoms with Crippen molar-refractivity contribution in [2.24, 2.45) is 0 Å². The summed E-state index contributed by atoms with van der Waals surface area (Å²) in [6, 6.07) is 6.91. The normalized spacial score (nSPS) is 14.1. The van der Waals surface area contributed by atoms with Gasteiger partial charge < -0.3 is 14.7 Å². The van der Waals surface area contributed by atoms with Crippen molar-refractivity contribution in [1.82, 2.24) is 15.0 Å². The quantitative estimate of drug-likeness (QED) is 0.788. The van der Waals surface area contributed by atoms with Gasteiger partial charge in [-0.25, -0.2) is 0 Å². The largest absolute Gasteiger partial charge is 0.360 e. The number of anilines is 1. The number of nitrogens with zero attached hydrogens (tertiary/aromatic N) is 3. The summed E-state index contributed by atoms with van der Waals surface area (Å²) in [7, 11) is 1.42. The van der Waals surface area contributed by atoms with Crippen LogP contribution in [0.15, 0.2) is 34.9 Å². The summed E-state index contributed by atoms with van der Waals surface area (Å²) in [5.74, 6) is -1.27. The van der Waals surface area contributed by atoms with Crippen molar-refractivity contribution in [3.05, 3.63) is 47.2 Å². The predicted octanol–water partition coefficient (Wildman–Crippen LogP) is 1.06. The molecule has 1 unspecified atom stereocenters. The van der Waals surface area contributed by atoms with Crippen LogP contribution in [0.2, 0.25) is 0 Å². The first kappa shape index (κ1) is 18.3. The lowest BCUT2D eigenvalue weighted by Gasteiger charge is -2.26. The number of aryl methyl sites for hydroxylation is 1. The van der Waals surface area contributed by atoms with Gasteiger partial charge in [-0.1, -0.05) is 17.3 Å². The minimum Gasteiger partial charge on any atom is -0.360 e. The van der Waals surface area contributed by atoms with Crippen LogP contribution in [0, 0.1) is 6.92 Å². The topological polar surface area (TPSA) is 113 Å². The summed E-state index contributed by atoms with van der Waals surface area (Å²) < 4.78 is 4.85. The third-order valence-corrected chi connectivity index (χ3v) is 4.22.